The molecule has 4 bridgehead atoms. The highest BCUT2D eigenvalue weighted by molar-refractivity contribution is 6.31. The van der Waals surface area contributed by atoms with Crippen LogP contribution in [0.4, 0.5) is 0 Å². The maximum Gasteiger partial charge on any atom is 0.102 e. The summed E-state index contributed by atoms with van der Waals surface area (Å²) < 4.78 is 0. The zero-order valence-corrected chi connectivity index (χ0v) is 11.6. The molecule has 19 heavy (non-hydrogen) atoms. The number of nitrogens with zero attached hydrogens (tertiary/aromatic N) is 2. The monoisotopic (exact) mass is 272 g/mol. The molecule has 4 aliphatic rings. The number of rotatable bonds is 1. The third-order valence-electron chi connectivity index (χ3n) is 5.56. The van der Waals surface area contributed by atoms with Crippen molar-refractivity contribution < 1.29 is 0 Å². The Bertz CT molecular complexity index is 532. The summed E-state index contributed by atoms with van der Waals surface area (Å²) in [6.45, 7) is 0. The quantitative estimate of drug-likeness (QED) is 0.770. The molecule has 3 heteroatoms. The van der Waals surface area contributed by atoms with Crippen LogP contribution in [-0.4, -0.2) is 4.98 Å². The van der Waals surface area contributed by atoms with Gasteiger partial charge in [-0.15, -0.1) is 0 Å². The van der Waals surface area contributed by atoms with E-state index in [4.69, 9.17) is 16.9 Å². The van der Waals surface area contributed by atoms with Gasteiger partial charge in [-0.3, -0.25) is 4.98 Å². The highest BCUT2D eigenvalue weighted by Gasteiger charge is 2.49. The van der Waals surface area contributed by atoms with E-state index in [1.54, 1.807) is 6.20 Å². The van der Waals surface area contributed by atoms with E-state index in [-0.39, 0.29) is 0 Å². The number of halogens is 1. The summed E-state index contributed by atoms with van der Waals surface area (Å²) >= 11 is 6.18. The molecule has 4 aliphatic carbocycles. The summed E-state index contributed by atoms with van der Waals surface area (Å²) in [4.78, 5) is 4.55. The lowest BCUT2D eigenvalue weighted by molar-refractivity contribution is -0.00414. The van der Waals surface area contributed by atoms with Gasteiger partial charge in [0.15, 0.2) is 0 Å². The lowest BCUT2D eigenvalue weighted by atomic mass is 9.51. The van der Waals surface area contributed by atoms with Gasteiger partial charge < -0.3 is 0 Å². The summed E-state index contributed by atoms with van der Waals surface area (Å²) in [6.07, 6.45) is 8.67. The van der Waals surface area contributed by atoms with Crippen LogP contribution in [0.3, 0.4) is 0 Å². The molecule has 1 aromatic heterocycles. The van der Waals surface area contributed by atoms with Gasteiger partial charge in [0, 0.05) is 17.8 Å². The van der Waals surface area contributed by atoms with E-state index in [0.29, 0.717) is 16.5 Å². The predicted molar refractivity (Wildman–Crippen MR) is 73.7 cm³/mol. The molecule has 1 aromatic rings. The van der Waals surface area contributed by atoms with E-state index < -0.39 is 0 Å². The number of aromatic nitrogens is 1. The molecule has 0 saturated heterocycles. The smallest absolute Gasteiger partial charge is 0.102 e. The Hall–Kier alpha value is -1.07. The van der Waals surface area contributed by atoms with Crippen LogP contribution in [0.5, 0.6) is 0 Å². The highest BCUT2D eigenvalue weighted by Crippen LogP contribution is 2.59. The number of hydrogen-bond donors (Lipinski definition) is 0. The van der Waals surface area contributed by atoms with Crippen molar-refractivity contribution in [1.82, 2.24) is 4.98 Å². The summed E-state index contributed by atoms with van der Waals surface area (Å²) in [6, 6.07) is 4.05. The minimum absolute atomic E-state index is 0.495. The van der Waals surface area contributed by atoms with Crippen molar-refractivity contribution in [3.05, 3.63) is 28.5 Å². The zero-order valence-electron chi connectivity index (χ0n) is 10.8. The van der Waals surface area contributed by atoms with Gasteiger partial charge >= 0.3 is 0 Å². The van der Waals surface area contributed by atoms with E-state index in [9.17, 15) is 0 Å². The first-order valence-electron chi connectivity index (χ1n) is 7.30. The fourth-order valence-corrected chi connectivity index (χ4v) is 5.32. The Morgan fingerprint density at radius 1 is 1.11 bits per heavy atom. The third-order valence-corrected chi connectivity index (χ3v) is 5.88. The molecule has 1 heterocycles. The Labute approximate surface area is 118 Å². The molecule has 0 spiro atoms. The molecule has 4 fully saturated rings. The van der Waals surface area contributed by atoms with Crippen molar-refractivity contribution in [1.29, 1.82) is 5.26 Å². The largest absolute Gasteiger partial charge is 0.260 e. The Morgan fingerprint density at radius 3 is 2.26 bits per heavy atom. The second kappa shape index (κ2) is 4.21. The van der Waals surface area contributed by atoms with Gasteiger partial charge in [-0.1, -0.05) is 11.6 Å². The molecule has 5 rings (SSSR count). The van der Waals surface area contributed by atoms with Crippen LogP contribution in [0.1, 0.15) is 49.3 Å². The van der Waals surface area contributed by atoms with Crippen molar-refractivity contribution in [3.8, 4) is 6.07 Å². The summed E-state index contributed by atoms with van der Waals surface area (Å²) in [5, 5.41) is 9.52. The molecule has 0 aliphatic heterocycles. The first kappa shape index (κ1) is 11.7. The second-order valence-corrected chi connectivity index (χ2v) is 7.06. The van der Waals surface area contributed by atoms with Gasteiger partial charge in [0.1, 0.15) is 6.07 Å². The maximum absolute atomic E-state index is 8.95. The van der Waals surface area contributed by atoms with Gasteiger partial charge in [0.25, 0.3) is 0 Å². The lowest BCUT2D eigenvalue weighted by Gasteiger charge is -2.54. The van der Waals surface area contributed by atoms with Crippen LogP contribution in [0.25, 0.3) is 0 Å². The number of pyridine rings is 1. The van der Waals surface area contributed by atoms with E-state index in [2.05, 4.69) is 11.1 Å². The van der Waals surface area contributed by atoms with Crippen molar-refractivity contribution >= 4 is 11.6 Å². The van der Waals surface area contributed by atoms with E-state index >= 15 is 0 Å². The van der Waals surface area contributed by atoms with E-state index in [1.807, 2.05) is 6.07 Å². The molecular formula is C16H17ClN2. The highest BCUT2D eigenvalue weighted by atomic mass is 35.5. The standard InChI is InChI=1S/C16H17ClN2/c17-14-6-15(19-8-13(14)7-18)16-11-2-9-1-10(4-11)5-12(16)3-9/h6,8-12,16H,1-5H2. The average Bonchev–Trinajstić information content (AvgIpc) is 2.37. The molecule has 4 saturated carbocycles. The molecular weight excluding hydrogens is 256 g/mol. The molecule has 2 nitrogen and oxygen atoms in total. The van der Waals surface area contributed by atoms with Crippen LogP contribution < -0.4 is 0 Å². The summed E-state index contributed by atoms with van der Waals surface area (Å²) in [5.74, 6) is 4.18. The molecule has 0 unspecified atom stereocenters. The lowest BCUT2D eigenvalue weighted by Crippen LogP contribution is -2.44. The topological polar surface area (TPSA) is 36.7 Å². The van der Waals surface area contributed by atoms with Gasteiger partial charge in [0.2, 0.25) is 0 Å². The van der Waals surface area contributed by atoms with Gasteiger partial charge in [0.05, 0.1) is 10.6 Å². The molecule has 0 atom stereocenters. The number of hydrogen-bond acceptors (Lipinski definition) is 2. The normalized spacial score (nSPS) is 39.3. The van der Waals surface area contributed by atoms with Gasteiger partial charge in [-0.2, -0.15) is 5.26 Å². The Balaban J connectivity index is 1.69. The minimum Gasteiger partial charge on any atom is -0.260 e. The van der Waals surface area contributed by atoms with Crippen LogP contribution >= 0.6 is 11.6 Å². The van der Waals surface area contributed by atoms with Crippen molar-refractivity contribution in [2.45, 2.75) is 38.0 Å². The maximum atomic E-state index is 8.95. The zero-order chi connectivity index (χ0) is 13.0. The molecule has 0 radical (unpaired) electrons. The number of nitriles is 1. The van der Waals surface area contributed by atoms with Gasteiger partial charge in [-0.05, 0) is 61.8 Å². The summed E-state index contributed by atoms with van der Waals surface area (Å²) in [5.41, 5.74) is 1.63. The van der Waals surface area contributed by atoms with Gasteiger partial charge in [-0.25, -0.2) is 0 Å². The van der Waals surface area contributed by atoms with Crippen molar-refractivity contribution in [2.75, 3.05) is 0 Å². The summed E-state index contributed by atoms with van der Waals surface area (Å²) in [7, 11) is 0. The van der Waals surface area contributed by atoms with Crippen LogP contribution in [-0.2, 0) is 0 Å². The predicted octanol–water partition coefficient (Wildman–Crippen LogP) is 4.15. The third kappa shape index (κ3) is 1.79. The molecule has 0 amide bonds. The van der Waals surface area contributed by atoms with Crippen LogP contribution in [0.15, 0.2) is 12.3 Å². The SMILES string of the molecule is N#Cc1cnc(C2C3CC4CC(C3)CC2C4)cc1Cl. The Morgan fingerprint density at radius 2 is 1.74 bits per heavy atom. The minimum atomic E-state index is 0.495. The first-order chi connectivity index (χ1) is 9.24. The van der Waals surface area contributed by atoms with E-state index in [0.717, 1.165) is 29.4 Å². The molecule has 0 aromatic carbocycles. The second-order valence-electron chi connectivity index (χ2n) is 6.66. The van der Waals surface area contributed by atoms with Crippen LogP contribution in [0.2, 0.25) is 5.02 Å². The first-order valence-corrected chi connectivity index (χ1v) is 7.68. The Kier molecular flexibility index (Phi) is 2.60. The van der Waals surface area contributed by atoms with E-state index in [1.165, 1.54) is 32.1 Å². The fraction of sp³-hybridized carbons (Fsp3) is 0.625. The van der Waals surface area contributed by atoms with Crippen molar-refractivity contribution in [3.63, 3.8) is 0 Å². The van der Waals surface area contributed by atoms with Crippen molar-refractivity contribution in [2.24, 2.45) is 23.7 Å². The van der Waals surface area contributed by atoms with Crippen LogP contribution in [0, 0.1) is 35.0 Å². The fourth-order valence-electron chi connectivity index (χ4n) is 5.12. The molecule has 0 N–H and O–H groups in total. The average molecular weight is 273 g/mol. The molecule has 98 valence electrons.